The number of fused-ring (bicyclic) bond motifs is 1. The highest BCUT2D eigenvalue weighted by atomic mass is 79.9. The molecule has 1 aromatic heterocycles. The Morgan fingerprint density at radius 3 is 2.72 bits per heavy atom. The van der Waals surface area contributed by atoms with Crippen LogP contribution >= 0.6 is 27.3 Å². The first-order valence-corrected chi connectivity index (χ1v) is 9.74. The van der Waals surface area contributed by atoms with Gasteiger partial charge >= 0.3 is 0 Å². The van der Waals surface area contributed by atoms with Gasteiger partial charge in [0.15, 0.2) is 0 Å². The SMILES string of the molecule is CC1CCc2c(sc(NC(=O)/C=C/c3ccc(Br)cc3)c2C(N)=O)C1. The molecule has 0 bridgehead atoms. The van der Waals surface area contributed by atoms with Crippen molar-refractivity contribution in [1.82, 2.24) is 0 Å². The predicted octanol–water partition coefficient (Wildman–Crippen LogP) is 4.39. The van der Waals surface area contributed by atoms with E-state index in [2.05, 4.69) is 28.2 Å². The fraction of sp³-hybridized carbons (Fsp3) is 0.263. The lowest BCUT2D eigenvalue weighted by Gasteiger charge is -2.18. The van der Waals surface area contributed by atoms with Gasteiger partial charge in [0.25, 0.3) is 5.91 Å². The van der Waals surface area contributed by atoms with Gasteiger partial charge in [0.2, 0.25) is 5.91 Å². The first-order valence-electron chi connectivity index (χ1n) is 8.13. The molecule has 130 valence electrons. The Balaban J connectivity index is 1.79. The second kappa shape index (κ2) is 7.54. The molecule has 25 heavy (non-hydrogen) atoms. The van der Waals surface area contributed by atoms with E-state index in [1.54, 1.807) is 6.08 Å². The van der Waals surface area contributed by atoms with Crippen LogP contribution in [-0.2, 0) is 17.6 Å². The summed E-state index contributed by atoms with van der Waals surface area (Å²) in [5.74, 6) is -0.149. The Bertz CT molecular complexity index is 840. The molecule has 1 aliphatic rings. The summed E-state index contributed by atoms with van der Waals surface area (Å²) in [6.45, 7) is 2.20. The Labute approximate surface area is 159 Å². The molecule has 0 spiro atoms. The van der Waals surface area contributed by atoms with Crippen molar-refractivity contribution in [2.75, 3.05) is 5.32 Å². The maximum Gasteiger partial charge on any atom is 0.251 e. The monoisotopic (exact) mass is 418 g/mol. The minimum Gasteiger partial charge on any atom is -0.365 e. The molecular formula is C19H19BrN2O2S. The maximum atomic E-state index is 12.3. The molecule has 1 unspecified atom stereocenters. The molecule has 0 radical (unpaired) electrons. The van der Waals surface area contributed by atoms with Crippen LogP contribution in [0.1, 0.15) is 39.7 Å². The van der Waals surface area contributed by atoms with E-state index >= 15 is 0 Å². The first kappa shape index (κ1) is 17.9. The van der Waals surface area contributed by atoms with Crippen LogP contribution in [0.3, 0.4) is 0 Å². The van der Waals surface area contributed by atoms with Gasteiger partial charge in [-0.2, -0.15) is 0 Å². The third kappa shape index (κ3) is 4.19. The smallest absolute Gasteiger partial charge is 0.251 e. The average Bonchev–Trinajstić information content (AvgIpc) is 2.91. The molecule has 1 aromatic carbocycles. The van der Waals surface area contributed by atoms with Crippen LogP contribution in [0, 0.1) is 5.92 Å². The molecule has 0 aliphatic heterocycles. The van der Waals surface area contributed by atoms with Crippen molar-refractivity contribution in [2.24, 2.45) is 11.7 Å². The number of hydrogen-bond acceptors (Lipinski definition) is 3. The zero-order valence-electron chi connectivity index (χ0n) is 13.8. The molecular weight excluding hydrogens is 400 g/mol. The lowest BCUT2D eigenvalue weighted by molar-refractivity contribution is -0.111. The van der Waals surface area contributed by atoms with Gasteiger partial charge < -0.3 is 11.1 Å². The second-order valence-electron chi connectivity index (χ2n) is 6.29. The van der Waals surface area contributed by atoms with E-state index in [9.17, 15) is 9.59 Å². The third-order valence-electron chi connectivity index (χ3n) is 4.29. The summed E-state index contributed by atoms with van der Waals surface area (Å²) in [5, 5.41) is 3.39. The van der Waals surface area contributed by atoms with Gasteiger partial charge in [0.1, 0.15) is 5.00 Å². The summed E-state index contributed by atoms with van der Waals surface area (Å²) < 4.78 is 0.985. The number of carbonyl (C=O) groups excluding carboxylic acids is 2. The lowest BCUT2D eigenvalue weighted by Crippen LogP contribution is -2.18. The van der Waals surface area contributed by atoms with Crippen molar-refractivity contribution in [1.29, 1.82) is 0 Å². The summed E-state index contributed by atoms with van der Waals surface area (Å²) in [4.78, 5) is 25.3. The van der Waals surface area contributed by atoms with Gasteiger partial charge in [0, 0.05) is 15.4 Å². The third-order valence-corrected chi connectivity index (χ3v) is 5.99. The summed E-state index contributed by atoms with van der Waals surface area (Å²) in [5.41, 5.74) is 7.99. The van der Waals surface area contributed by atoms with E-state index in [4.69, 9.17) is 5.73 Å². The predicted molar refractivity (Wildman–Crippen MR) is 106 cm³/mol. The van der Waals surface area contributed by atoms with Gasteiger partial charge in [-0.15, -0.1) is 11.3 Å². The summed E-state index contributed by atoms with van der Waals surface area (Å²) >= 11 is 4.85. The molecule has 0 fully saturated rings. The lowest BCUT2D eigenvalue weighted by atomic mass is 9.88. The maximum absolute atomic E-state index is 12.3. The molecule has 1 heterocycles. The number of rotatable bonds is 4. The number of thiophene rings is 1. The van der Waals surface area contributed by atoms with Crippen LogP contribution in [-0.4, -0.2) is 11.8 Å². The topological polar surface area (TPSA) is 72.2 Å². The van der Waals surface area contributed by atoms with E-state index in [1.165, 1.54) is 22.3 Å². The Morgan fingerprint density at radius 2 is 2.04 bits per heavy atom. The Morgan fingerprint density at radius 1 is 1.32 bits per heavy atom. The highest BCUT2D eigenvalue weighted by Gasteiger charge is 2.26. The van der Waals surface area contributed by atoms with Crippen molar-refractivity contribution in [3.05, 3.63) is 56.4 Å². The van der Waals surface area contributed by atoms with E-state index in [1.807, 2.05) is 24.3 Å². The molecule has 2 amide bonds. The number of carbonyl (C=O) groups is 2. The molecule has 2 aromatic rings. The summed E-state index contributed by atoms with van der Waals surface area (Å²) in [7, 11) is 0. The number of nitrogens with two attached hydrogens (primary N) is 1. The van der Waals surface area contributed by atoms with E-state index in [0.717, 1.165) is 34.9 Å². The summed E-state index contributed by atoms with van der Waals surface area (Å²) in [6.07, 6.45) is 6.03. The van der Waals surface area contributed by atoms with Crippen LogP contribution in [0.2, 0.25) is 0 Å². The molecule has 1 atom stereocenters. The minimum atomic E-state index is -0.473. The number of amides is 2. The van der Waals surface area contributed by atoms with Crippen LogP contribution < -0.4 is 11.1 Å². The van der Waals surface area contributed by atoms with Crippen molar-refractivity contribution in [2.45, 2.75) is 26.2 Å². The molecule has 6 heteroatoms. The standard InChI is InChI=1S/C19H19BrN2O2S/c1-11-2-8-14-15(10-11)25-19(17(14)18(21)24)22-16(23)9-5-12-3-6-13(20)7-4-12/h3-7,9,11H,2,8,10H2,1H3,(H2,21,24)(H,22,23)/b9-5+. The van der Waals surface area contributed by atoms with Gasteiger partial charge in [0.05, 0.1) is 5.56 Å². The van der Waals surface area contributed by atoms with Crippen LogP contribution in [0.25, 0.3) is 6.08 Å². The highest BCUT2D eigenvalue weighted by Crippen LogP contribution is 2.39. The van der Waals surface area contributed by atoms with Gasteiger partial charge in [-0.3, -0.25) is 9.59 Å². The minimum absolute atomic E-state index is 0.267. The number of benzene rings is 1. The fourth-order valence-electron chi connectivity index (χ4n) is 3.00. The van der Waals surface area contributed by atoms with E-state index in [0.29, 0.717) is 16.5 Å². The quantitative estimate of drug-likeness (QED) is 0.722. The van der Waals surface area contributed by atoms with Crippen molar-refractivity contribution in [3.8, 4) is 0 Å². The first-order chi connectivity index (χ1) is 11.9. The molecule has 0 saturated carbocycles. The van der Waals surface area contributed by atoms with Gasteiger partial charge in [-0.05, 0) is 54.5 Å². The molecule has 0 saturated heterocycles. The number of primary amides is 1. The molecule has 3 N–H and O–H groups in total. The van der Waals surface area contributed by atoms with Crippen molar-refractivity contribution in [3.63, 3.8) is 0 Å². The molecule has 4 nitrogen and oxygen atoms in total. The van der Waals surface area contributed by atoms with Crippen LogP contribution in [0.15, 0.2) is 34.8 Å². The zero-order chi connectivity index (χ0) is 18.0. The highest BCUT2D eigenvalue weighted by molar-refractivity contribution is 9.10. The normalized spacial score (nSPS) is 16.6. The number of halogens is 1. The summed E-state index contributed by atoms with van der Waals surface area (Å²) in [6, 6.07) is 7.65. The van der Waals surface area contributed by atoms with Crippen molar-refractivity contribution < 1.29 is 9.59 Å². The molecule has 1 aliphatic carbocycles. The molecule has 3 rings (SSSR count). The van der Waals surface area contributed by atoms with Gasteiger partial charge in [-0.25, -0.2) is 0 Å². The van der Waals surface area contributed by atoms with Gasteiger partial charge in [-0.1, -0.05) is 35.0 Å². The largest absolute Gasteiger partial charge is 0.365 e. The van der Waals surface area contributed by atoms with E-state index < -0.39 is 5.91 Å². The van der Waals surface area contributed by atoms with E-state index in [-0.39, 0.29) is 5.91 Å². The average molecular weight is 419 g/mol. The Hall–Kier alpha value is -1.92. The van der Waals surface area contributed by atoms with Crippen LogP contribution in [0.5, 0.6) is 0 Å². The van der Waals surface area contributed by atoms with Crippen LogP contribution in [0.4, 0.5) is 5.00 Å². The number of nitrogens with one attached hydrogen (secondary N) is 1. The number of anilines is 1. The zero-order valence-corrected chi connectivity index (χ0v) is 16.2. The number of hydrogen-bond donors (Lipinski definition) is 2. The Kier molecular flexibility index (Phi) is 5.39. The van der Waals surface area contributed by atoms with Crippen molar-refractivity contribution >= 4 is 50.2 Å². The second-order valence-corrected chi connectivity index (χ2v) is 8.32. The fourth-order valence-corrected chi connectivity index (χ4v) is 4.68.